The Bertz CT molecular complexity index is 986. The van der Waals surface area contributed by atoms with Crippen molar-refractivity contribution in [2.24, 2.45) is 0 Å². The Labute approximate surface area is 146 Å². The van der Waals surface area contributed by atoms with Crippen molar-refractivity contribution in [1.82, 2.24) is 15.0 Å². The van der Waals surface area contributed by atoms with E-state index < -0.39 is 10.0 Å². The summed E-state index contributed by atoms with van der Waals surface area (Å²) in [5, 5.41) is 0. The second kappa shape index (κ2) is 6.48. The molecule has 0 unspecified atom stereocenters. The van der Waals surface area contributed by atoms with Crippen LogP contribution in [0, 0.1) is 13.8 Å². The third-order valence-corrected chi connectivity index (χ3v) is 5.52. The van der Waals surface area contributed by atoms with E-state index in [0.717, 1.165) is 11.1 Å². The third kappa shape index (κ3) is 3.03. The lowest BCUT2D eigenvalue weighted by molar-refractivity contribution is 0.596. The van der Waals surface area contributed by atoms with Gasteiger partial charge in [0.05, 0.1) is 23.8 Å². The highest BCUT2D eigenvalue weighted by molar-refractivity contribution is 7.93. The molecule has 0 aliphatic heterocycles. The van der Waals surface area contributed by atoms with E-state index in [-0.39, 0.29) is 10.7 Å². The second-order valence-electron chi connectivity index (χ2n) is 5.49. The van der Waals surface area contributed by atoms with Gasteiger partial charge in [-0.1, -0.05) is 18.2 Å². The van der Waals surface area contributed by atoms with Gasteiger partial charge in [0, 0.05) is 6.20 Å². The Morgan fingerprint density at radius 3 is 2.24 bits per heavy atom. The summed E-state index contributed by atoms with van der Waals surface area (Å²) in [6.45, 7) is 3.70. The first-order chi connectivity index (χ1) is 11.9. The van der Waals surface area contributed by atoms with Crippen molar-refractivity contribution in [1.29, 1.82) is 0 Å². The first-order valence-corrected chi connectivity index (χ1v) is 8.94. The Morgan fingerprint density at radius 1 is 1.00 bits per heavy atom. The fraction of sp³-hybridized carbons (Fsp3) is 0.118. The van der Waals surface area contributed by atoms with Crippen LogP contribution >= 0.6 is 0 Å². The molecule has 0 aliphatic rings. The average molecular weight is 355 g/mol. The summed E-state index contributed by atoms with van der Waals surface area (Å²) >= 11 is 0. The van der Waals surface area contributed by atoms with Gasteiger partial charge in [-0.15, -0.1) is 0 Å². The van der Waals surface area contributed by atoms with Crippen LogP contribution in [0.4, 0.5) is 17.2 Å². The molecule has 2 aromatic heterocycles. The van der Waals surface area contributed by atoms with Gasteiger partial charge in [-0.25, -0.2) is 27.7 Å². The molecule has 3 rings (SSSR count). The lowest BCUT2D eigenvalue weighted by Crippen LogP contribution is -2.28. The second-order valence-corrected chi connectivity index (χ2v) is 7.25. The quantitative estimate of drug-likeness (QED) is 0.772. The van der Waals surface area contributed by atoms with Gasteiger partial charge in [0.25, 0.3) is 10.0 Å². The number of rotatable bonds is 4. The summed E-state index contributed by atoms with van der Waals surface area (Å²) in [6, 6.07) is 8.54. The molecule has 25 heavy (non-hydrogen) atoms. The molecule has 2 heterocycles. The van der Waals surface area contributed by atoms with Crippen molar-refractivity contribution in [3.8, 4) is 0 Å². The maximum atomic E-state index is 13.4. The van der Waals surface area contributed by atoms with Crippen molar-refractivity contribution in [2.45, 2.75) is 18.7 Å². The van der Waals surface area contributed by atoms with Crippen LogP contribution < -0.4 is 10.0 Å². The highest BCUT2D eigenvalue weighted by Crippen LogP contribution is 2.36. The number of para-hydroxylation sites is 1. The van der Waals surface area contributed by atoms with E-state index in [1.807, 2.05) is 32.0 Å². The Hall–Kier alpha value is -3.00. The van der Waals surface area contributed by atoms with E-state index in [2.05, 4.69) is 15.0 Å². The SMILES string of the molecule is Cc1cccc(C)c1N(c1cncnc1)S(=O)(=O)c1cccnc1N. The molecule has 0 radical (unpaired) electrons. The molecule has 0 amide bonds. The minimum absolute atomic E-state index is 0.0596. The maximum absolute atomic E-state index is 13.4. The predicted octanol–water partition coefficient (Wildman–Crippen LogP) is 2.60. The number of hydrogen-bond donors (Lipinski definition) is 1. The average Bonchev–Trinajstić information content (AvgIpc) is 2.59. The van der Waals surface area contributed by atoms with Crippen molar-refractivity contribution in [3.63, 3.8) is 0 Å². The molecule has 1 aromatic carbocycles. The van der Waals surface area contributed by atoms with Crippen molar-refractivity contribution < 1.29 is 8.42 Å². The van der Waals surface area contributed by atoms with Crippen LogP contribution in [0.15, 0.2) is 60.1 Å². The van der Waals surface area contributed by atoms with Crippen LogP contribution in [0.25, 0.3) is 0 Å². The van der Waals surface area contributed by atoms with Crippen LogP contribution in [0.1, 0.15) is 11.1 Å². The number of benzene rings is 1. The predicted molar refractivity (Wildman–Crippen MR) is 95.9 cm³/mol. The molecule has 2 N–H and O–H groups in total. The number of nitrogens with two attached hydrogens (primary N) is 1. The summed E-state index contributed by atoms with van der Waals surface area (Å²) in [4.78, 5) is 11.7. The van der Waals surface area contributed by atoms with Gasteiger partial charge in [0.15, 0.2) is 0 Å². The van der Waals surface area contributed by atoms with Gasteiger partial charge in [0.2, 0.25) is 0 Å². The number of hydrogen-bond acceptors (Lipinski definition) is 6. The van der Waals surface area contributed by atoms with Gasteiger partial charge < -0.3 is 5.73 Å². The van der Waals surface area contributed by atoms with Gasteiger partial charge in [0.1, 0.15) is 17.0 Å². The normalized spacial score (nSPS) is 11.3. The zero-order valence-corrected chi connectivity index (χ0v) is 14.6. The van der Waals surface area contributed by atoms with E-state index in [9.17, 15) is 8.42 Å². The zero-order valence-electron chi connectivity index (χ0n) is 13.8. The molecule has 0 bridgehead atoms. The molecule has 0 saturated carbocycles. The number of nitrogens with zero attached hydrogens (tertiary/aromatic N) is 4. The molecule has 0 saturated heterocycles. The number of aryl methyl sites for hydroxylation is 2. The van der Waals surface area contributed by atoms with Crippen LogP contribution in [0.2, 0.25) is 0 Å². The van der Waals surface area contributed by atoms with Crippen molar-refractivity contribution >= 4 is 27.2 Å². The number of pyridine rings is 1. The first kappa shape index (κ1) is 16.8. The fourth-order valence-electron chi connectivity index (χ4n) is 2.63. The summed E-state index contributed by atoms with van der Waals surface area (Å²) < 4.78 is 28.0. The molecule has 3 aromatic rings. The molecule has 8 heteroatoms. The van der Waals surface area contributed by atoms with E-state index in [0.29, 0.717) is 11.4 Å². The Kier molecular flexibility index (Phi) is 4.37. The maximum Gasteiger partial charge on any atom is 0.272 e. The van der Waals surface area contributed by atoms with Crippen LogP contribution in [0.3, 0.4) is 0 Å². The summed E-state index contributed by atoms with van der Waals surface area (Å²) in [5.74, 6) is -0.0596. The standard InChI is InChI=1S/C17H17N5O2S/c1-12-5-3-6-13(2)16(12)22(14-9-19-11-20-10-14)25(23,24)15-7-4-8-21-17(15)18/h3-11H,1-2H3,(H2,18,21). The topological polar surface area (TPSA) is 102 Å². The molecule has 0 spiro atoms. The highest BCUT2D eigenvalue weighted by atomic mass is 32.2. The Morgan fingerprint density at radius 2 is 1.64 bits per heavy atom. The Balaban J connectivity index is 2.32. The van der Waals surface area contributed by atoms with Crippen LogP contribution in [-0.4, -0.2) is 23.4 Å². The molecule has 0 fully saturated rings. The molecule has 7 nitrogen and oxygen atoms in total. The molecule has 0 atom stereocenters. The van der Waals surface area contributed by atoms with Crippen LogP contribution in [-0.2, 0) is 10.0 Å². The molecular weight excluding hydrogens is 338 g/mol. The summed E-state index contributed by atoms with van der Waals surface area (Å²) in [5.41, 5.74) is 8.29. The minimum atomic E-state index is -4.02. The smallest absolute Gasteiger partial charge is 0.272 e. The number of sulfonamides is 1. The van der Waals surface area contributed by atoms with E-state index >= 15 is 0 Å². The molecular formula is C17H17N5O2S. The van der Waals surface area contributed by atoms with E-state index in [1.54, 1.807) is 0 Å². The van der Waals surface area contributed by atoms with Gasteiger partial charge >= 0.3 is 0 Å². The van der Waals surface area contributed by atoms with Crippen molar-refractivity contribution in [2.75, 3.05) is 10.0 Å². The molecule has 128 valence electrons. The largest absolute Gasteiger partial charge is 0.383 e. The fourth-order valence-corrected chi connectivity index (χ4v) is 4.29. The first-order valence-electron chi connectivity index (χ1n) is 7.50. The van der Waals surface area contributed by atoms with Gasteiger partial charge in [-0.3, -0.25) is 0 Å². The molecule has 0 aliphatic carbocycles. The van der Waals surface area contributed by atoms with Gasteiger partial charge in [-0.2, -0.15) is 0 Å². The minimum Gasteiger partial charge on any atom is -0.383 e. The van der Waals surface area contributed by atoms with Crippen LogP contribution in [0.5, 0.6) is 0 Å². The lowest BCUT2D eigenvalue weighted by Gasteiger charge is -2.27. The summed E-state index contributed by atoms with van der Waals surface area (Å²) in [6.07, 6.45) is 5.69. The highest BCUT2D eigenvalue weighted by Gasteiger charge is 2.31. The third-order valence-electron chi connectivity index (χ3n) is 3.74. The number of aromatic nitrogens is 3. The van der Waals surface area contributed by atoms with E-state index in [1.165, 1.54) is 41.4 Å². The lowest BCUT2D eigenvalue weighted by atomic mass is 10.1. The van der Waals surface area contributed by atoms with E-state index in [4.69, 9.17) is 5.73 Å². The van der Waals surface area contributed by atoms with Crippen molar-refractivity contribution in [3.05, 3.63) is 66.4 Å². The monoisotopic (exact) mass is 355 g/mol. The summed E-state index contributed by atoms with van der Waals surface area (Å²) in [7, 11) is -4.02. The van der Waals surface area contributed by atoms with Gasteiger partial charge in [-0.05, 0) is 37.1 Å². The zero-order chi connectivity index (χ0) is 18.0. The number of nitrogen functional groups attached to an aromatic ring is 1. The number of anilines is 3.